The zero-order chi connectivity index (χ0) is 18.9. The first kappa shape index (κ1) is 18.5. The van der Waals surface area contributed by atoms with Crippen molar-refractivity contribution < 1.29 is 4.92 Å². The quantitative estimate of drug-likeness (QED) is 0.355. The number of benzene rings is 3. The zero-order valence-corrected chi connectivity index (χ0v) is 15.0. The third-order valence-corrected chi connectivity index (χ3v) is 4.36. The van der Waals surface area contributed by atoms with Crippen molar-refractivity contribution >= 4 is 11.3 Å². The number of nitrogens with one attached hydrogen (secondary N) is 1. The molecule has 0 fully saturated rings. The van der Waals surface area contributed by atoms with E-state index in [1.807, 2.05) is 24.3 Å². The van der Waals surface area contributed by atoms with E-state index >= 15 is 0 Å². The van der Waals surface area contributed by atoms with Gasteiger partial charge < -0.3 is 5.32 Å². The fourth-order valence-electron chi connectivity index (χ4n) is 2.94. The third-order valence-electron chi connectivity index (χ3n) is 4.36. The summed E-state index contributed by atoms with van der Waals surface area (Å²) < 4.78 is 0. The number of rotatable bonds is 8. The van der Waals surface area contributed by atoms with Crippen molar-refractivity contribution in [3.05, 3.63) is 118 Å². The van der Waals surface area contributed by atoms with Crippen molar-refractivity contribution in [2.24, 2.45) is 0 Å². The van der Waals surface area contributed by atoms with Crippen LogP contribution < -0.4 is 5.32 Å². The standard InChI is InChI=1S/C23H22N2O2/c26-25(27)22-13-11-21(12-14-22)23(20-9-5-2-6-10-20)16-18-24-17-15-19-7-3-1-4-8-19/h1-14,16,24H,15,17-18H2/b23-16-. The molecule has 0 aliphatic heterocycles. The molecule has 1 N–H and O–H groups in total. The Morgan fingerprint density at radius 3 is 2.07 bits per heavy atom. The molecule has 3 aromatic rings. The lowest BCUT2D eigenvalue weighted by Crippen LogP contribution is -2.17. The Kier molecular flexibility index (Phi) is 6.50. The SMILES string of the molecule is O=[N+]([O-])c1ccc(/C(=C\CNCCc2ccccc2)c2ccccc2)cc1. The Bertz CT molecular complexity index is 889. The van der Waals surface area contributed by atoms with Crippen molar-refractivity contribution in [1.82, 2.24) is 5.32 Å². The van der Waals surface area contributed by atoms with E-state index in [2.05, 4.69) is 47.8 Å². The number of hydrogen-bond donors (Lipinski definition) is 1. The summed E-state index contributed by atoms with van der Waals surface area (Å²) >= 11 is 0. The number of nitro groups is 1. The van der Waals surface area contributed by atoms with Crippen molar-refractivity contribution in [1.29, 1.82) is 0 Å². The van der Waals surface area contributed by atoms with Gasteiger partial charge in [0.15, 0.2) is 0 Å². The second kappa shape index (κ2) is 9.46. The van der Waals surface area contributed by atoms with Crippen molar-refractivity contribution in [2.75, 3.05) is 13.1 Å². The lowest BCUT2D eigenvalue weighted by Gasteiger charge is -2.10. The number of non-ortho nitro benzene ring substituents is 1. The molecular formula is C23H22N2O2. The van der Waals surface area contributed by atoms with Crippen LogP contribution in [0.25, 0.3) is 5.57 Å². The zero-order valence-electron chi connectivity index (χ0n) is 15.0. The number of nitro benzene ring substituents is 1. The van der Waals surface area contributed by atoms with Gasteiger partial charge in [-0.1, -0.05) is 66.7 Å². The molecule has 4 nitrogen and oxygen atoms in total. The van der Waals surface area contributed by atoms with Crippen LogP contribution >= 0.6 is 0 Å². The van der Waals surface area contributed by atoms with Gasteiger partial charge in [-0.25, -0.2) is 0 Å². The first-order valence-electron chi connectivity index (χ1n) is 8.99. The molecule has 0 bridgehead atoms. The van der Waals surface area contributed by atoms with Gasteiger partial charge in [0.2, 0.25) is 0 Å². The molecule has 4 heteroatoms. The van der Waals surface area contributed by atoms with Crippen LogP contribution in [0.3, 0.4) is 0 Å². The molecule has 136 valence electrons. The largest absolute Gasteiger partial charge is 0.313 e. The number of hydrogen-bond acceptors (Lipinski definition) is 3. The van der Waals surface area contributed by atoms with Gasteiger partial charge in [0.1, 0.15) is 0 Å². The van der Waals surface area contributed by atoms with E-state index in [4.69, 9.17) is 0 Å². The summed E-state index contributed by atoms with van der Waals surface area (Å²) in [5.41, 5.74) is 4.55. The van der Waals surface area contributed by atoms with Crippen LogP contribution in [0.4, 0.5) is 5.69 Å². The minimum atomic E-state index is -0.374. The maximum atomic E-state index is 10.9. The average Bonchev–Trinajstić information content (AvgIpc) is 2.72. The summed E-state index contributed by atoms with van der Waals surface area (Å²) in [7, 11) is 0. The molecule has 0 saturated heterocycles. The van der Waals surface area contributed by atoms with E-state index in [0.717, 1.165) is 36.2 Å². The summed E-state index contributed by atoms with van der Waals surface area (Å²) in [4.78, 5) is 10.5. The van der Waals surface area contributed by atoms with Crippen LogP contribution in [-0.4, -0.2) is 18.0 Å². The average molecular weight is 358 g/mol. The second-order valence-corrected chi connectivity index (χ2v) is 6.23. The molecule has 0 radical (unpaired) electrons. The fourth-order valence-corrected chi connectivity index (χ4v) is 2.94. The minimum absolute atomic E-state index is 0.104. The molecule has 3 aromatic carbocycles. The van der Waals surface area contributed by atoms with Gasteiger partial charge in [-0.05, 0) is 47.4 Å². The molecule has 27 heavy (non-hydrogen) atoms. The lowest BCUT2D eigenvalue weighted by molar-refractivity contribution is -0.384. The summed E-state index contributed by atoms with van der Waals surface area (Å²) in [6.07, 6.45) is 3.12. The predicted molar refractivity (Wildman–Crippen MR) is 110 cm³/mol. The Hall–Kier alpha value is -3.24. The van der Waals surface area contributed by atoms with Crippen molar-refractivity contribution in [2.45, 2.75) is 6.42 Å². The van der Waals surface area contributed by atoms with Gasteiger partial charge in [-0.2, -0.15) is 0 Å². The summed E-state index contributed by atoms with van der Waals surface area (Å²) in [6, 6.07) is 27.2. The summed E-state index contributed by atoms with van der Waals surface area (Å²) in [5, 5.41) is 14.3. The molecule has 0 aromatic heterocycles. The van der Waals surface area contributed by atoms with Gasteiger partial charge in [0, 0.05) is 18.7 Å². The molecule has 0 saturated carbocycles. The number of nitrogens with zero attached hydrogens (tertiary/aromatic N) is 1. The smallest absolute Gasteiger partial charge is 0.269 e. The Morgan fingerprint density at radius 2 is 1.44 bits per heavy atom. The summed E-state index contributed by atoms with van der Waals surface area (Å²) in [6.45, 7) is 1.62. The highest BCUT2D eigenvalue weighted by atomic mass is 16.6. The van der Waals surface area contributed by atoms with Gasteiger partial charge in [-0.3, -0.25) is 10.1 Å². The molecule has 0 amide bonds. The molecule has 0 aliphatic carbocycles. The second-order valence-electron chi connectivity index (χ2n) is 6.23. The van der Waals surface area contributed by atoms with Crippen LogP contribution in [0.5, 0.6) is 0 Å². The Balaban J connectivity index is 1.70. The lowest BCUT2D eigenvalue weighted by atomic mass is 9.97. The van der Waals surface area contributed by atoms with Crippen LogP contribution in [0.2, 0.25) is 0 Å². The van der Waals surface area contributed by atoms with Crippen LogP contribution in [0.1, 0.15) is 16.7 Å². The minimum Gasteiger partial charge on any atom is -0.313 e. The van der Waals surface area contributed by atoms with Gasteiger partial charge in [0.25, 0.3) is 5.69 Å². The molecule has 0 unspecified atom stereocenters. The molecular weight excluding hydrogens is 336 g/mol. The van der Waals surface area contributed by atoms with Gasteiger partial charge in [-0.15, -0.1) is 0 Å². The molecule has 0 aliphatic rings. The molecule has 0 spiro atoms. The van der Waals surface area contributed by atoms with Crippen molar-refractivity contribution in [3.8, 4) is 0 Å². The highest BCUT2D eigenvalue weighted by molar-refractivity contribution is 5.80. The maximum Gasteiger partial charge on any atom is 0.269 e. The van der Waals surface area contributed by atoms with E-state index in [1.54, 1.807) is 24.3 Å². The van der Waals surface area contributed by atoms with E-state index in [0.29, 0.717) is 0 Å². The molecule has 0 atom stereocenters. The van der Waals surface area contributed by atoms with E-state index < -0.39 is 0 Å². The Labute approximate surface area is 159 Å². The topological polar surface area (TPSA) is 55.2 Å². The first-order chi connectivity index (χ1) is 13.2. The maximum absolute atomic E-state index is 10.9. The Morgan fingerprint density at radius 1 is 0.852 bits per heavy atom. The highest BCUT2D eigenvalue weighted by Gasteiger charge is 2.08. The molecule has 3 rings (SSSR count). The monoisotopic (exact) mass is 358 g/mol. The first-order valence-corrected chi connectivity index (χ1v) is 8.99. The third kappa shape index (κ3) is 5.36. The fraction of sp³-hybridized carbons (Fsp3) is 0.130. The van der Waals surface area contributed by atoms with E-state index in [9.17, 15) is 10.1 Å². The summed E-state index contributed by atoms with van der Waals surface area (Å²) in [5.74, 6) is 0. The predicted octanol–water partition coefficient (Wildman–Crippen LogP) is 4.86. The van der Waals surface area contributed by atoms with Crippen LogP contribution in [0, 0.1) is 10.1 Å². The normalized spacial score (nSPS) is 11.3. The van der Waals surface area contributed by atoms with E-state index in [1.165, 1.54) is 5.56 Å². The molecule has 0 heterocycles. The van der Waals surface area contributed by atoms with Crippen molar-refractivity contribution in [3.63, 3.8) is 0 Å². The van der Waals surface area contributed by atoms with E-state index in [-0.39, 0.29) is 10.6 Å². The van der Waals surface area contributed by atoms with Gasteiger partial charge >= 0.3 is 0 Å². The highest BCUT2D eigenvalue weighted by Crippen LogP contribution is 2.25. The van der Waals surface area contributed by atoms with Crippen LogP contribution in [-0.2, 0) is 6.42 Å². The van der Waals surface area contributed by atoms with Gasteiger partial charge in [0.05, 0.1) is 4.92 Å². The van der Waals surface area contributed by atoms with Crippen LogP contribution in [0.15, 0.2) is 91.0 Å².